The monoisotopic (exact) mass is 358 g/mol. The Kier molecular flexibility index (Phi) is 4.01. The topological polar surface area (TPSA) is 32.3 Å². The van der Waals surface area contributed by atoms with E-state index >= 15 is 0 Å². The first kappa shape index (κ1) is 16.5. The minimum Gasteiger partial charge on any atom is -0.316 e. The lowest BCUT2D eigenvalue weighted by atomic mass is 9.57. The third-order valence-electron chi connectivity index (χ3n) is 5.64. The van der Waals surface area contributed by atoms with Crippen molar-refractivity contribution in [3.8, 4) is 0 Å². The molecule has 3 nitrogen and oxygen atoms in total. The lowest BCUT2D eigenvalue weighted by molar-refractivity contribution is -0.197. The quantitative estimate of drug-likeness (QED) is 0.898. The van der Waals surface area contributed by atoms with Gasteiger partial charge in [-0.1, -0.05) is 12.1 Å². The number of benzene rings is 1. The van der Waals surface area contributed by atoms with E-state index in [9.17, 15) is 17.4 Å². The minimum atomic E-state index is -4.18. The highest BCUT2D eigenvalue weighted by Crippen LogP contribution is 2.49. The highest BCUT2D eigenvalue weighted by atomic mass is 32.2. The molecule has 132 valence electrons. The average molecular weight is 358 g/mol. The van der Waals surface area contributed by atoms with Gasteiger partial charge in [-0.25, -0.2) is 8.51 Å². The van der Waals surface area contributed by atoms with E-state index < -0.39 is 23.1 Å². The number of hydrogen-bond donors (Lipinski definition) is 1. The molecule has 0 bridgehead atoms. The van der Waals surface area contributed by atoms with Gasteiger partial charge < -0.3 is 5.32 Å². The second kappa shape index (κ2) is 5.81. The Morgan fingerprint density at radius 1 is 1.17 bits per heavy atom. The van der Waals surface area contributed by atoms with Crippen LogP contribution in [-0.4, -0.2) is 40.9 Å². The van der Waals surface area contributed by atoms with Crippen molar-refractivity contribution in [3.05, 3.63) is 29.8 Å². The van der Waals surface area contributed by atoms with E-state index in [0.29, 0.717) is 10.3 Å². The summed E-state index contributed by atoms with van der Waals surface area (Å²) in [6.07, 6.45) is -0.588. The highest BCUT2D eigenvalue weighted by Gasteiger charge is 2.49. The molecule has 0 amide bonds. The fourth-order valence-electron chi connectivity index (χ4n) is 4.08. The predicted molar refractivity (Wildman–Crippen MR) is 85.7 cm³/mol. The zero-order chi connectivity index (χ0) is 16.9. The number of alkyl halides is 3. The van der Waals surface area contributed by atoms with Crippen molar-refractivity contribution in [3.63, 3.8) is 0 Å². The summed E-state index contributed by atoms with van der Waals surface area (Å²) in [6.45, 7) is 1.96. The molecule has 1 atom stereocenters. The Bertz CT molecular complexity index is 628. The van der Waals surface area contributed by atoms with Gasteiger partial charge >= 0.3 is 6.18 Å². The zero-order valence-corrected chi connectivity index (χ0v) is 14.1. The molecule has 1 aliphatic carbocycles. The van der Waals surface area contributed by atoms with Crippen LogP contribution < -0.4 is 5.32 Å². The SMILES string of the molecule is O=S(c1ccc(CC2CC3(CNC3)C2)cc1)N1CC(C(F)(F)F)C1. The van der Waals surface area contributed by atoms with Crippen LogP contribution in [0.3, 0.4) is 0 Å². The molecule has 0 aromatic heterocycles. The lowest BCUT2D eigenvalue weighted by Crippen LogP contribution is -2.60. The highest BCUT2D eigenvalue weighted by molar-refractivity contribution is 7.82. The summed E-state index contributed by atoms with van der Waals surface area (Å²) in [6, 6.07) is 7.54. The van der Waals surface area contributed by atoms with Crippen molar-refractivity contribution in [2.24, 2.45) is 17.3 Å². The number of rotatable bonds is 4. The standard InChI is InChI=1S/C17H21F3N2OS/c18-17(19,20)14-8-22(9-14)24(23)15-3-1-12(2-4-15)5-13-6-16(7-13)10-21-11-16/h1-4,13-14,21H,5-11H2. The van der Waals surface area contributed by atoms with Gasteiger partial charge in [-0.05, 0) is 48.3 Å². The van der Waals surface area contributed by atoms with Crippen LogP contribution in [0.4, 0.5) is 13.2 Å². The maximum Gasteiger partial charge on any atom is 0.394 e. The van der Waals surface area contributed by atoms with Crippen LogP contribution >= 0.6 is 0 Å². The van der Waals surface area contributed by atoms with Gasteiger partial charge in [-0.3, -0.25) is 0 Å². The van der Waals surface area contributed by atoms with Gasteiger partial charge in [0.25, 0.3) is 0 Å². The van der Waals surface area contributed by atoms with Crippen molar-refractivity contribution in [2.45, 2.75) is 30.3 Å². The van der Waals surface area contributed by atoms with E-state index in [1.807, 2.05) is 12.1 Å². The molecule has 2 saturated heterocycles. The first-order valence-electron chi connectivity index (χ1n) is 8.38. The van der Waals surface area contributed by atoms with Gasteiger partial charge in [-0.2, -0.15) is 13.2 Å². The van der Waals surface area contributed by atoms with E-state index in [1.165, 1.54) is 22.7 Å². The molecule has 1 spiro atoms. The number of halogens is 3. The summed E-state index contributed by atoms with van der Waals surface area (Å²) in [7, 11) is -1.49. The summed E-state index contributed by atoms with van der Waals surface area (Å²) < 4.78 is 51.2. The maximum absolute atomic E-state index is 12.5. The van der Waals surface area contributed by atoms with Gasteiger partial charge in [0, 0.05) is 26.2 Å². The average Bonchev–Trinajstić information content (AvgIpc) is 2.37. The summed E-state index contributed by atoms with van der Waals surface area (Å²) in [4.78, 5) is 0.590. The first-order valence-corrected chi connectivity index (χ1v) is 9.49. The Morgan fingerprint density at radius 3 is 2.29 bits per heavy atom. The summed E-state index contributed by atoms with van der Waals surface area (Å²) >= 11 is 0. The summed E-state index contributed by atoms with van der Waals surface area (Å²) in [5, 5.41) is 3.33. The van der Waals surface area contributed by atoms with E-state index in [-0.39, 0.29) is 13.1 Å². The van der Waals surface area contributed by atoms with Crippen LogP contribution in [0.15, 0.2) is 29.2 Å². The van der Waals surface area contributed by atoms with Crippen molar-refractivity contribution >= 4 is 11.0 Å². The second-order valence-corrected chi connectivity index (χ2v) is 9.05. The molecule has 4 rings (SSSR count). The molecular weight excluding hydrogens is 337 g/mol. The van der Waals surface area contributed by atoms with E-state index in [4.69, 9.17) is 0 Å². The van der Waals surface area contributed by atoms with E-state index in [2.05, 4.69) is 5.32 Å². The fraction of sp³-hybridized carbons (Fsp3) is 0.647. The molecule has 3 fully saturated rings. The third-order valence-corrected chi connectivity index (χ3v) is 7.08. The van der Waals surface area contributed by atoms with Crippen molar-refractivity contribution in [2.75, 3.05) is 26.2 Å². The molecule has 2 heterocycles. The number of hydrogen-bond acceptors (Lipinski definition) is 2. The van der Waals surface area contributed by atoms with Crippen LogP contribution in [0.25, 0.3) is 0 Å². The fourth-order valence-corrected chi connectivity index (χ4v) is 5.38. The first-order chi connectivity index (χ1) is 11.3. The Labute approximate surface area is 142 Å². The van der Waals surface area contributed by atoms with Gasteiger partial charge in [0.05, 0.1) is 10.8 Å². The predicted octanol–water partition coefficient (Wildman–Crippen LogP) is 2.75. The molecule has 1 aromatic rings. The van der Waals surface area contributed by atoms with Crippen LogP contribution in [0.5, 0.6) is 0 Å². The lowest BCUT2D eigenvalue weighted by Gasteiger charge is -2.54. The molecule has 3 aliphatic rings. The van der Waals surface area contributed by atoms with Crippen LogP contribution in [-0.2, 0) is 17.4 Å². The Morgan fingerprint density at radius 2 is 1.79 bits per heavy atom. The second-order valence-electron chi connectivity index (χ2n) is 7.56. The van der Waals surface area contributed by atoms with Crippen molar-refractivity contribution in [1.29, 1.82) is 0 Å². The zero-order valence-electron chi connectivity index (χ0n) is 13.3. The molecule has 1 N–H and O–H groups in total. The van der Waals surface area contributed by atoms with E-state index in [0.717, 1.165) is 25.4 Å². The summed E-state index contributed by atoms with van der Waals surface area (Å²) in [5.41, 5.74) is 1.79. The number of nitrogens with zero attached hydrogens (tertiary/aromatic N) is 1. The van der Waals surface area contributed by atoms with Crippen LogP contribution in [0.1, 0.15) is 18.4 Å². The van der Waals surface area contributed by atoms with Gasteiger partial charge in [0.15, 0.2) is 0 Å². The Balaban J connectivity index is 1.29. The van der Waals surface area contributed by atoms with Gasteiger partial charge in [0.2, 0.25) is 0 Å². The normalized spacial score (nSPS) is 25.8. The minimum absolute atomic E-state index is 0.171. The largest absolute Gasteiger partial charge is 0.394 e. The molecule has 2 aliphatic heterocycles. The smallest absolute Gasteiger partial charge is 0.316 e. The van der Waals surface area contributed by atoms with Gasteiger partial charge in [-0.15, -0.1) is 0 Å². The number of nitrogens with one attached hydrogen (secondary N) is 1. The van der Waals surface area contributed by atoms with Crippen LogP contribution in [0, 0.1) is 17.3 Å². The third kappa shape index (κ3) is 3.02. The van der Waals surface area contributed by atoms with Gasteiger partial charge in [0.1, 0.15) is 11.0 Å². The molecule has 0 radical (unpaired) electrons. The van der Waals surface area contributed by atoms with Crippen molar-refractivity contribution in [1.82, 2.24) is 9.62 Å². The summed E-state index contributed by atoms with van der Waals surface area (Å²) in [5.74, 6) is -0.612. The molecule has 7 heteroatoms. The van der Waals surface area contributed by atoms with Crippen molar-refractivity contribution < 1.29 is 17.4 Å². The maximum atomic E-state index is 12.5. The molecule has 1 aromatic carbocycles. The molecule has 1 saturated carbocycles. The molecule has 1 unspecified atom stereocenters. The Hall–Kier alpha value is -0.920. The molecular formula is C17H21F3N2OS. The van der Waals surface area contributed by atoms with E-state index in [1.54, 1.807) is 12.1 Å². The molecule has 24 heavy (non-hydrogen) atoms. The van der Waals surface area contributed by atoms with Crippen LogP contribution in [0.2, 0.25) is 0 Å².